The van der Waals surface area contributed by atoms with Crippen LogP contribution in [-0.4, -0.2) is 0 Å². The minimum absolute atomic E-state index is 0.0377. The molecule has 0 saturated carbocycles. The summed E-state index contributed by atoms with van der Waals surface area (Å²) in [6.07, 6.45) is 0.119. The van der Waals surface area contributed by atoms with E-state index in [4.69, 9.17) is 5.73 Å². The summed E-state index contributed by atoms with van der Waals surface area (Å²) in [6, 6.07) is 9.75. The predicted octanol–water partition coefficient (Wildman–Crippen LogP) is 4.00. The first-order chi connectivity index (χ1) is 9.31. The number of halogens is 2. The van der Waals surface area contributed by atoms with Crippen molar-refractivity contribution < 1.29 is 8.78 Å². The van der Waals surface area contributed by atoms with Crippen LogP contribution in [0, 0.1) is 25.5 Å². The van der Waals surface area contributed by atoms with E-state index in [9.17, 15) is 8.78 Å². The molecule has 0 heterocycles. The quantitative estimate of drug-likeness (QED) is 0.900. The second-order valence-electron chi connectivity index (χ2n) is 5.59. The van der Waals surface area contributed by atoms with Gasteiger partial charge in [-0.15, -0.1) is 0 Å². The van der Waals surface area contributed by atoms with Gasteiger partial charge in [0.25, 0.3) is 0 Å². The van der Waals surface area contributed by atoms with Crippen LogP contribution in [0.5, 0.6) is 0 Å². The molecule has 0 aromatic heterocycles. The Morgan fingerprint density at radius 2 is 1.60 bits per heavy atom. The van der Waals surface area contributed by atoms with Crippen molar-refractivity contribution in [2.24, 2.45) is 5.73 Å². The van der Waals surface area contributed by atoms with E-state index in [1.807, 2.05) is 32.0 Å². The summed E-state index contributed by atoms with van der Waals surface area (Å²) in [7, 11) is 0. The highest BCUT2D eigenvalue weighted by Crippen LogP contribution is 2.27. The third-order valence-electron chi connectivity index (χ3n) is 3.77. The number of rotatable bonds is 3. The largest absolute Gasteiger partial charge is 0.321 e. The van der Waals surface area contributed by atoms with Gasteiger partial charge in [-0.05, 0) is 49.6 Å². The highest BCUT2D eigenvalue weighted by Gasteiger charge is 2.25. The van der Waals surface area contributed by atoms with Gasteiger partial charge >= 0.3 is 0 Å². The lowest BCUT2D eigenvalue weighted by molar-refractivity contribution is 0.455. The molecule has 2 aromatic carbocycles. The van der Waals surface area contributed by atoms with Crippen LogP contribution in [0.15, 0.2) is 36.4 Å². The average molecular weight is 275 g/mol. The van der Waals surface area contributed by atoms with Crippen LogP contribution in [0.3, 0.4) is 0 Å². The van der Waals surface area contributed by atoms with E-state index in [0.29, 0.717) is 0 Å². The van der Waals surface area contributed by atoms with Crippen LogP contribution in [0.4, 0.5) is 8.78 Å². The number of hydrogen-bond donors (Lipinski definition) is 1. The first-order valence-corrected chi connectivity index (χ1v) is 6.61. The molecule has 0 amide bonds. The van der Waals surface area contributed by atoms with E-state index in [1.54, 1.807) is 6.92 Å². The summed E-state index contributed by atoms with van der Waals surface area (Å²) in [6.45, 7) is 5.81. The van der Waals surface area contributed by atoms with Gasteiger partial charge in [-0.3, -0.25) is 0 Å². The standard InChI is InChI=1S/C17H19F2N/c1-11-7-8-13(9-12(11)2)17(3,20)10-14-15(18)5-4-6-16(14)19/h4-9H,10,20H2,1-3H3. The Hall–Kier alpha value is -1.74. The molecule has 0 aliphatic carbocycles. The van der Waals surface area contributed by atoms with E-state index in [1.165, 1.54) is 23.8 Å². The third kappa shape index (κ3) is 2.88. The fraction of sp³-hybridized carbons (Fsp3) is 0.294. The molecule has 2 N–H and O–H groups in total. The van der Waals surface area contributed by atoms with Gasteiger partial charge in [0, 0.05) is 17.5 Å². The van der Waals surface area contributed by atoms with Crippen LogP contribution in [-0.2, 0) is 12.0 Å². The number of nitrogens with two attached hydrogens (primary N) is 1. The van der Waals surface area contributed by atoms with Gasteiger partial charge < -0.3 is 5.73 Å². The van der Waals surface area contributed by atoms with Crippen molar-refractivity contribution in [3.8, 4) is 0 Å². The Labute approximate surface area is 118 Å². The molecule has 0 aliphatic rings. The van der Waals surface area contributed by atoms with Gasteiger partial charge in [0.1, 0.15) is 11.6 Å². The normalized spacial score (nSPS) is 14.1. The number of hydrogen-bond acceptors (Lipinski definition) is 1. The average Bonchev–Trinajstić information content (AvgIpc) is 2.37. The van der Waals surface area contributed by atoms with E-state index >= 15 is 0 Å². The maximum atomic E-state index is 13.7. The molecule has 1 unspecified atom stereocenters. The Morgan fingerprint density at radius 3 is 2.15 bits per heavy atom. The van der Waals surface area contributed by atoms with Crippen LogP contribution < -0.4 is 5.73 Å². The van der Waals surface area contributed by atoms with Crippen molar-refractivity contribution in [3.63, 3.8) is 0 Å². The van der Waals surface area contributed by atoms with Crippen molar-refractivity contribution in [3.05, 3.63) is 70.3 Å². The van der Waals surface area contributed by atoms with Crippen LogP contribution in [0.2, 0.25) is 0 Å². The lowest BCUT2D eigenvalue weighted by Gasteiger charge is -2.26. The van der Waals surface area contributed by atoms with Gasteiger partial charge in [-0.1, -0.05) is 24.3 Å². The van der Waals surface area contributed by atoms with Gasteiger partial charge in [-0.25, -0.2) is 8.78 Å². The highest BCUT2D eigenvalue weighted by molar-refractivity contribution is 5.35. The first-order valence-electron chi connectivity index (χ1n) is 6.61. The predicted molar refractivity (Wildman–Crippen MR) is 77.5 cm³/mol. The minimum atomic E-state index is -0.818. The van der Waals surface area contributed by atoms with Gasteiger partial charge in [0.05, 0.1) is 0 Å². The summed E-state index contributed by atoms with van der Waals surface area (Å²) in [5.41, 5.74) is 8.68. The Balaban J connectivity index is 2.37. The zero-order chi connectivity index (χ0) is 14.9. The zero-order valence-corrected chi connectivity index (χ0v) is 12.0. The fourth-order valence-corrected chi connectivity index (χ4v) is 2.27. The van der Waals surface area contributed by atoms with Crippen molar-refractivity contribution in [1.29, 1.82) is 0 Å². The molecular formula is C17H19F2N. The summed E-state index contributed by atoms with van der Waals surface area (Å²) < 4.78 is 27.5. The van der Waals surface area contributed by atoms with E-state index in [2.05, 4.69) is 0 Å². The van der Waals surface area contributed by atoms with Crippen molar-refractivity contribution in [1.82, 2.24) is 0 Å². The van der Waals surface area contributed by atoms with Crippen molar-refractivity contribution in [2.75, 3.05) is 0 Å². The molecule has 0 radical (unpaired) electrons. The Bertz CT molecular complexity index is 613. The molecule has 1 atom stereocenters. The molecule has 3 heteroatoms. The van der Waals surface area contributed by atoms with E-state index < -0.39 is 17.2 Å². The molecule has 106 valence electrons. The first kappa shape index (κ1) is 14.7. The number of benzene rings is 2. The molecular weight excluding hydrogens is 256 g/mol. The third-order valence-corrected chi connectivity index (χ3v) is 3.77. The van der Waals surface area contributed by atoms with Crippen LogP contribution in [0.25, 0.3) is 0 Å². The second kappa shape index (κ2) is 5.33. The molecule has 0 fully saturated rings. The van der Waals surface area contributed by atoms with Gasteiger partial charge in [0.2, 0.25) is 0 Å². The Kier molecular flexibility index (Phi) is 3.91. The maximum absolute atomic E-state index is 13.7. The summed E-state index contributed by atoms with van der Waals surface area (Å²) in [5, 5.41) is 0. The minimum Gasteiger partial charge on any atom is -0.321 e. The lowest BCUT2D eigenvalue weighted by Crippen LogP contribution is -2.36. The molecule has 1 nitrogen and oxygen atoms in total. The van der Waals surface area contributed by atoms with Gasteiger partial charge in [0.15, 0.2) is 0 Å². The monoisotopic (exact) mass is 275 g/mol. The van der Waals surface area contributed by atoms with E-state index in [0.717, 1.165) is 11.1 Å². The number of aryl methyl sites for hydroxylation is 2. The smallest absolute Gasteiger partial charge is 0.129 e. The molecule has 0 bridgehead atoms. The molecule has 2 aromatic rings. The maximum Gasteiger partial charge on any atom is 0.129 e. The Morgan fingerprint density at radius 1 is 1.00 bits per heavy atom. The van der Waals surface area contributed by atoms with Crippen molar-refractivity contribution in [2.45, 2.75) is 32.7 Å². The molecule has 20 heavy (non-hydrogen) atoms. The van der Waals surface area contributed by atoms with Crippen LogP contribution in [0.1, 0.15) is 29.2 Å². The second-order valence-corrected chi connectivity index (χ2v) is 5.59. The molecule has 0 spiro atoms. The summed E-state index contributed by atoms with van der Waals surface area (Å²) in [5.74, 6) is -1.10. The molecule has 2 rings (SSSR count). The fourth-order valence-electron chi connectivity index (χ4n) is 2.27. The molecule has 0 aliphatic heterocycles. The topological polar surface area (TPSA) is 26.0 Å². The van der Waals surface area contributed by atoms with Crippen molar-refractivity contribution >= 4 is 0 Å². The summed E-state index contributed by atoms with van der Waals surface area (Å²) in [4.78, 5) is 0. The summed E-state index contributed by atoms with van der Waals surface area (Å²) >= 11 is 0. The molecule has 0 saturated heterocycles. The highest BCUT2D eigenvalue weighted by atomic mass is 19.1. The van der Waals surface area contributed by atoms with E-state index in [-0.39, 0.29) is 12.0 Å². The van der Waals surface area contributed by atoms with Crippen LogP contribution >= 0.6 is 0 Å². The SMILES string of the molecule is Cc1ccc(C(C)(N)Cc2c(F)cccc2F)cc1C. The lowest BCUT2D eigenvalue weighted by atomic mass is 9.85. The zero-order valence-electron chi connectivity index (χ0n) is 12.0. The van der Waals surface area contributed by atoms with Gasteiger partial charge in [-0.2, -0.15) is 0 Å².